The van der Waals surface area contributed by atoms with Gasteiger partial charge in [0.1, 0.15) is 17.0 Å². The van der Waals surface area contributed by atoms with E-state index in [0.29, 0.717) is 0 Å². The van der Waals surface area contributed by atoms with Crippen molar-refractivity contribution in [2.24, 2.45) is 0 Å². The second-order valence-corrected chi connectivity index (χ2v) is 10.2. The molecule has 0 aliphatic carbocycles. The first-order valence-corrected chi connectivity index (χ1v) is 10.1. The summed E-state index contributed by atoms with van der Waals surface area (Å²) in [5.41, 5.74) is 5.42. The first kappa shape index (κ1) is 17.5. The van der Waals surface area contributed by atoms with E-state index in [2.05, 4.69) is 95.3 Å². The van der Waals surface area contributed by atoms with Crippen LogP contribution in [0, 0.1) is 0 Å². The lowest BCUT2D eigenvalue weighted by molar-refractivity contribution is 0.0713. The van der Waals surface area contributed by atoms with E-state index < -0.39 is 0 Å². The quantitative estimate of drug-likeness (QED) is 0.358. The molecule has 0 saturated heterocycles. The first-order valence-electron chi connectivity index (χ1n) is 10.1. The fraction of sp³-hybridized carbons (Fsp3) is 0.400. The van der Waals surface area contributed by atoms with Crippen molar-refractivity contribution in [1.29, 1.82) is 0 Å². The average molecular weight is 373 g/mol. The summed E-state index contributed by atoms with van der Waals surface area (Å²) in [6.45, 7) is 15.7. The van der Waals surface area contributed by atoms with Crippen LogP contribution in [0.15, 0.2) is 42.5 Å². The van der Waals surface area contributed by atoms with E-state index in [1.807, 2.05) is 0 Å². The van der Waals surface area contributed by atoms with Gasteiger partial charge in [0, 0.05) is 33.5 Å². The fourth-order valence-corrected chi connectivity index (χ4v) is 4.42. The summed E-state index contributed by atoms with van der Waals surface area (Å²) in [5.74, 6) is 0.965. The summed E-state index contributed by atoms with van der Waals surface area (Å²) >= 11 is 0. The zero-order valence-corrected chi connectivity index (χ0v) is 17.8. The maximum atomic E-state index is 6.35. The van der Waals surface area contributed by atoms with Gasteiger partial charge in [0.2, 0.25) is 0 Å². The van der Waals surface area contributed by atoms with Gasteiger partial charge in [-0.15, -0.1) is 0 Å². The molecule has 3 heterocycles. The highest BCUT2D eigenvalue weighted by Gasteiger charge is 2.48. The minimum Gasteiger partial charge on any atom is -0.487 e. The molecule has 28 heavy (non-hydrogen) atoms. The molecule has 0 fully saturated rings. The van der Waals surface area contributed by atoms with Crippen molar-refractivity contribution in [2.75, 3.05) is 0 Å². The number of imidazole rings is 1. The summed E-state index contributed by atoms with van der Waals surface area (Å²) in [4.78, 5) is 5.07. The molecular weight excluding hydrogens is 344 g/mol. The summed E-state index contributed by atoms with van der Waals surface area (Å²) in [6, 6.07) is 15.3. The summed E-state index contributed by atoms with van der Waals surface area (Å²) in [7, 11) is 0. The van der Waals surface area contributed by atoms with Gasteiger partial charge in [-0.1, -0.05) is 58.9 Å². The SMILES string of the molecule is CC(C)(C)c1cc2ccccc2c2nc3cc4c(cc3n12)C(C)(C)C(C)(C)O4. The van der Waals surface area contributed by atoms with Crippen LogP contribution in [0.25, 0.3) is 27.5 Å². The van der Waals surface area contributed by atoms with Crippen LogP contribution in [0.3, 0.4) is 0 Å². The second kappa shape index (κ2) is 5.08. The van der Waals surface area contributed by atoms with Crippen molar-refractivity contribution in [3.8, 4) is 5.75 Å². The molecule has 2 aromatic carbocycles. The molecule has 0 atom stereocenters. The Morgan fingerprint density at radius 2 is 1.68 bits per heavy atom. The molecule has 0 amide bonds. The molecular formula is C25H28N2O. The maximum absolute atomic E-state index is 6.35. The fourth-order valence-electron chi connectivity index (χ4n) is 4.42. The molecule has 3 heteroatoms. The predicted molar refractivity (Wildman–Crippen MR) is 117 cm³/mol. The van der Waals surface area contributed by atoms with Crippen molar-refractivity contribution in [3.63, 3.8) is 0 Å². The van der Waals surface area contributed by atoms with Crippen LogP contribution in [0.4, 0.5) is 0 Å². The van der Waals surface area contributed by atoms with Crippen LogP contribution in [-0.4, -0.2) is 15.0 Å². The van der Waals surface area contributed by atoms with Gasteiger partial charge in [0.15, 0.2) is 0 Å². The third-order valence-electron chi connectivity index (χ3n) is 6.80. The number of fused-ring (bicyclic) bond motifs is 6. The zero-order valence-electron chi connectivity index (χ0n) is 17.8. The van der Waals surface area contributed by atoms with E-state index in [1.54, 1.807) is 0 Å². The van der Waals surface area contributed by atoms with Gasteiger partial charge in [0.05, 0.1) is 11.0 Å². The topological polar surface area (TPSA) is 26.5 Å². The van der Waals surface area contributed by atoms with E-state index in [1.165, 1.54) is 27.5 Å². The third kappa shape index (κ3) is 2.13. The van der Waals surface area contributed by atoms with Crippen LogP contribution in [0.5, 0.6) is 5.75 Å². The number of hydrogen-bond donors (Lipinski definition) is 0. The zero-order chi connectivity index (χ0) is 20.1. The summed E-state index contributed by atoms with van der Waals surface area (Å²) in [5, 5.41) is 2.42. The van der Waals surface area contributed by atoms with Gasteiger partial charge >= 0.3 is 0 Å². The van der Waals surface area contributed by atoms with E-state index in [9.17, 15) is 0 Å². The van der Waals surface area contributed by atoms with Crippen molar-refractivity contribution in [3.05, 3.63) is 53.7 Å². The van der Waals surface area contributed by atoms with Crippen molar-refractivity contribution in [1.82, 2.24) is 9.38 Å². The molecule has 0 saturated carbocycles. The van der Waals surface area contributed by atoms with Crippen LogP contribution in [0.2, 0.25) is 0 Å². The molecule has 0 radical (unpaired) electrons. The Morgan fingerprint density at radius 3 is 2.39 bits per heavy atom. The van der Waals surface area contributed by atoms with E-state index in [0.717, 1.165) is 16.9 Å². The minimum absolute atomic E-state index is 0.000212. The van der Waals surface area contributed by atoms with Gasteiger partial charge in [-0.25, -0.2) is 4.98 Å². The molecule has 0 N–H and O–H groups in total. The van der Waals surface area contributed by atoms with Gasteiger partial charge in [-0.05, 0) is 31.4 Å². The molecule has 1 aliphatic rings. The van der Waals surface area contributed by atoms with E-state index in [-0.39, 0.29) is 16.4 Å². The molecule has 2 aromatic heterocycles. The molecule has 0 unspecified atom stereocenters. The Labute approximate surface area is 166 Å². The number of hydrogen-bond acceptors (Lipinski definition) is 2. The Bertz CT molecular complexity index is 1270. The lowest BCUT2D eigenvalue weighted by Crippen LogP contribution is -2.41. The normalized spacial score (nSPS) is 18.0. The molecule has 5 rings (SSSR count). The monoisotopic (exact) mass is 372 g/mol. The number of benzene rings is 2. The average Bonchev–Trinajstić information content (AvgIpc) is 3.04. The standard InChI is InChI=1S/C25H28N2O/c1-23(2,3)21-12-15-10-8-9-11-16(15)22-26-18-14-20-17(13-19(18)27(21)22)24(4,5)25(6,7)28-20/h8-14H,1-7H3. The second-order valence-electron chi connectivity index (χ2n) is 10.2. The Hall–Kier alpha value is -2.55. The third-order valence-corrected chi connectivity index (χ3v) is 6.80. The highest BCUT2D eigenvalue weighted by Crippen LogP contribution is 2.50. The molecule has 4 aromatic rings. The molecule has 0 spiro atoms. The molecule has 1 aliphatic heterocycles. The number of pyridine rings is 1. The number of nitrogens with zero attached hydrogens (tertiary/aromatic N) is 2. The number of rotatable bonds is 0. The van der Waals surface area contributed by atoms with Crippen molar-refractivity contribution >= 4 is 27.5 Å². The summed E-state index contributed by atoms with van der Waals surface area (Å²) in [6.07, 6.45) is 0. The highest BCUT2D eigenvalue weighted by atomic mass is 16.5. The number of ether oxygens (including phenoxy) is 1. The van der Waals surface area contributed by atoms with Gasteiger partial charge in [0.25, 0.3) is 0 Å². The van der Waals surface area contributed by atoms with Gasteiger partial charge in [-0.2, -0.15) is 0 Å². The Balaban J connectivity index is 1.97. The maximum Gasteiger partial charge on any atom is 0.146 e. The molecule has 3 nitrogen and oxygen atoms in total. The lowest BCUT2D eigenvalue weighted by atomic mass is 9.74. The van der Waals surface area contributed by atoms with Crippen molar-refractivity contribution in [2.45, 2.75) is 64.9 Å². The van der Waals surface area contributed by atoms with Crippen LogP contribution in [-0.2, 0) is 10.8 Å². The molecule has 0 bridgehead atoms. The van der Waals surface area contributed by atoms with Gasteiger partial charge < -0.3 is 4.74 Å². The first-order chi connectivity index (χ1) is 13.0. The highest BCUT2D eigenvalue weighted by molar-refractivity contribution is 5.99. The van der Waals surface area contributed by atoms with E-state index in [4.69, 9.17) is 9.72 Å². The smallest absolute Gasteiger partial charge is 0.146 e. The van der Waals surface area contributed by atoms with E-state index >= 15 is 0 Å². The summed E-state index contributed by atoms with van der Waals surface area (Å²) < 4.78 is 8.71. The lowest BCUT2D eigenvalue weighted by Gasteiger charge is -2.33. The minimum atomic E-state index is -0.242. The van der Waals surface area contributed by atoms with Crippen LogP contribution < -0.4 is 4.74 Å². The van der Waals surface area contributed by atoms with Crippen molar-refractivity contribution < 1.29 is 4.74 Å². The predicted octanol–water partition coefficient (Wildman–Crippen LogP) is 6.39. The molecule has 144 valence electrons. The Kier molecular flexibility index (Phi) is 3.18. The largest absolute Gasteiger partial charge is 0.487 e. The van der Waals surface area contributed by atoms with Crippen LogP contribution >= 0.6 is 0 Å². The number of aromatic nitrogens is 2. The van der Waals surface area contributed by atoms with Crippen LogP contribution in [0.1, 0.15) is 59.7 Å². The Morgan fingerprint density at radius 1 is 0.964 bits per heavy atom. The van der Waals surface area contributed by atoms with Gasteiger partial charge in [-0.3, -0.25) is 4.40 Å².